The van der Waals surface area contributed by atoms with Crippen LogP contribution in [0.2, 0.25) is 0 Å². The van der Waals surface area contributed by atoms with Crippen LogP contribution in [0.15, 0.2) is 64.3 Å². The Kier molecular flexibility index (Phi) is 5.49. The summed E-state index contributed by atoms with van der Waals surface area (Å²) in [4.78, 5) is 17.0. The molecule has 1 amide bonds. The Morgan fingerprint density at radius 2 is 2.04 bits per heavy atom. The number of thiazole rings is 1. The van der Waals surface area contributed by atoms with Crippen LogP contribution in [0, 0.1) is 11.3 Å². The van der Waals surface area contributed by atoms with Crippen molar-refractivity contribution in [3.05, 3.63) is 65.5 Å². The molecule has 0 spiro atoms. The number of anilines is 1. The molecule has 4 nitrogen and oxygen atoms in total. The molecule has 0 aliphatic rings. The molecule has 25 heavy (non-hydrogen) atoms. The van der Waals surface area contributed by atoms with Gasteiger partial charge in [0.15, 0.2) is 4.34 Å². The number of nitrogens with zero attached hydrogens (tertiary/aromatic N) is 2. The average Bonchev–Trinajstić information content (AvgIpc) is 3.11. The second-order valence-corrected chi connectivity index (χ2v) is 7.75. The molecule has 1 atom stereocenters. The summed E-state index contributed by atoms with van der Waals surface area (Å²) in [5.74, 6) is -0.114. The fourth-order valence-electron chi connectivity index (χ4n) is 2.17. The van der Waals surface area contributed by atoms with E-state index in [0.29, 0.717) is 11.3 Å². The number of hydrogen-bond acceptors (Lipinski definition) is 5. The Morgan fingerprint density at radius 3 is 2.80 bits per heavy atom. The van der Waals surface area contributed by atoms with Gasteiger partial charge in [-0.2, -0.15) is 5.26 Å². The van der Waals surface area contributed by atoms with Gasteiger partial charge in [0, 0.05) is 16.6 Å². The maximum atomic E-state index is 12.4. The van der Waals surface area contributed by atoms with Crippen LogP contribution in [0.1, 0.15) is 12.5 Å². The van der Waals surface area contributed by atoms with Gasteiger partial charge in [-0.25, -0.2) is 4.98 Å². The van der Waals surface area contributed by atoms with Crippen LogP contribution >= 0.6 is 23.1 Å². The number of carbonyl (C=O) groups is 1. The van der Waals surface area contributed by atoms with Crippen molar-refractivity contribution in [2.45, 2.75) is 16.5 Å². The molecule has 124 valence electrons. The number of nitrogens with one attached hydrogen (secondary N) is 1. The molecule has 0 radical (unpaired) electrons. The predicted octanol–water partition coefficient (Wildman–Crippen LogP) is 4.80. The van der Waals surface area contributed by atoms with Gasteiger partial charge in [0.05, 0.1) is 22.6 Å². The number of aromatic nitrogens is 1. The third-order valence-corrected chi connectivity index (χ3v) is 5.53. The standard InChI is InChI=1S/C19H15N3OS2/c1-13(18(23)21-16-9-5-6-14(10-16)11-20)25-19-22-17(12-24-19)15-7-3-2-4-8-15/h2-10,12-13H,1H3,(H,21,23). The Morgan fingerprint density at radius 1 is 1.24 bits per heavy atom. The molecule has 6 heteroatoms. The first-order valence-electron chi connectivity index (χ1n) is 7.64. The number of amides is 1. The van der Waals surface area contributed by atoms with Gasteiger partial charge in [0.25, 0.3) is 0 Å². The lowest BCUT2D eigenvalue weighted by molar-refractivity contribution is -0.115. The SMILES string of the molecule is CC(Sc1nc(-c2ccccc2)cs1)C(=O)Nc1cccc(C#N)c1. The fourth-order valence-corrected chi connectivity index (χ4v) is 4.14. The van der Waals surface area contributed by atoms with E-state index in [0.717, 1.165) is 15.6 Å². The Hall–Kier alpha value is -2.62. The highest BCUT2D eigenvalue weighted by Crippen LogP contribution is 2.31. The van der Waals surface area contributed by atoms with E-state index in [-0.39, 0.29) is 11.2 Å². The van der Waals surface area contributed by atoms with Crippen LogP contribution in [-0.2, 0) is 4.79 Å². The second kappa shape index (κ2) is 7.97. The van der Waals surface area contributed by atoms with E-state index in [1.54, 1.807) is 24.3 Å². The minimum atomic E-state index is -0.291. The number of nitriles is 1. The van der Waals surface area contributed by atoms with Crippen LogP contribution < -0.4 is 5.32 Å². The van der Waals surface area contributed by atoms with Crippen molar-refractivity contribution in [2.75, 3.05) is 5.32 Å². The summed E-state index contributed by atoms with van der Waals surface area (Å²) in [6, 6.07) is 18.9. The third-order valence-electron chi connectivity index (χ3n) is 3.46. The van der Waals surface area contributed by atoms with Crippen molar-refractivity contribution in [1.82, 2.24) is 4.98 Å². The molecular formula is C19H15N3OS2. The fraction of sp³-hybridized carbons (Fsp3) is 0.105. The molecule has 1 heterocycles. The quantitative estimate of drug-likeness (QED) is 0.660. The van der Waals surface area contributed by atoms with Gasteiger partial charge in [-0.1, -0.05) is 48.2 Å². The number of rotatable bonds is 5. The van der Waals surface area contributed by atoms with Gasteiger partial charge in [-0.15, -0.1) is 11.3 Å². The van der Waals surface area contributed by atoms with Crippen LogP contribution in [-0.4, -0.2) is 16.1 Å². The maximum Gasteiger partial charge on any atom is 0.237 e. The maximum absolute atomic E-state index is 12.4. The molecule has 0 saturated heterocycles. The first-order valence-corrected chi connectivity index (χ1v) is 9.40. The zero-order chi connectivity index (χ0) is 17.6. The lowest BCUT2D eigenvalue weighted by Gasteiger charge is -2.10. The Balaban J connectivity index is 1.64. The second-order valence-electron chi connectivity index (χ2n) is 5.31. The summed E-state index contributed by atoms with van der Waals surface area (Å²) >= 11 is 2.96. The van der Waals surface area contributed by atoms with E-state index in [9.17, 15) is 4.79 Å². The molecule has 0 saturated carbocycles. The number of hydrogen-bond donors (Lipinski definition) is 1. The average molecular weight is 365 g/mol. The topological polar surface area (TPSA) is 65.8 Å². The minimum absolute atomic E-state index is 0.114. The van der Waals surface area contributed by atoms with Gasteiger partial charge >= 0.3 is 0 Å². The van der Waals surface area contributed by atoms with Crippen LogP contribution in [0.5, 0.6) is 0 Å². The van der Waals surface area contributed by atoms with Gasteiger partial charge in [-0.05, 0) is 25.1 Å². The Bertz CT molecular complexity index is 916. The summed E-state index contributed by atoms with van der Waals surface area (Å²) in [5, 5.41) is 13.5. The molecule has 0 aliphatic heterocycles. The minimum Gasteiger partial charge on any atom is -0.325 e. The Labute approximate surface area is 154 Å². The van der Waals surface area contributed by atoms with Crippen molar-refractivity contribution >= 4 is 34.7 Å². The highest BCUT2D eigenvalue weighted by atomic mass is 32.2. The number of thioether (sulfide) groups is 1. The molecule has 2 aromatic carbocycles. The summed E-state index contributed by atoms with van der Waals surface area (Å²) in [6.07, 6.45) is 0. The van der Waals surface area contributed by atoms with E-state index in [1.165, 1.54) is 23.1 Å². The number of carbonyl (C=O) groups excluding carboxylic acids is 1. The van der Waals surface area contributed by atoms with Gasteiger partial charge in [-0.3, -0.25) is 4.79 Å². The molecule has 1 aromatic heterocycles. The van der Waals surface area contributed by atoms with Crippen LogP contribution in [0.3, 0.4) is 0 Å². The monoisotopic (exact) mass is 365 g/mol. The highest BCUT2D eigenvalue weighted by Gasteiger charge is 2.17. The van der Waals surface area contributed by atoms with Crippen LogP contribution in [0.25, 0.3) is 11.3 Å². The van der Waals surface area contributed by atoms with Crippen molar-refractivity contribution in [2.24, 2.45) is 0 Å². The number of benzene rings is 2. The summed E-state index contributed by atoms with van der Waals surface area (Å²) in [6.45, 7) is 1.84. The van der Waals surface area contributed by atoms with Crippen molar-refractivity contribution in [3.63, 3.8) is 0 Å². The van der Waals surface area contributed by atoms with E-state index in [2.05, 4.69) is 16.4 Å². The van der Waals surface area contributed by atoms with E-state index < -0.39 is 0 Å². The van der Waals surface area contributed by atoms with E-state index >= 15 is 0 Å². The zero-order valence-corrected chi connectivity index (χ0v) is 15.1. The van der Waals surface area contributed by atoms with Gasteiger partial charge in [0.1, 0.15) is 0 Å². The first-order chi connectivity index (χ1) is 12.2. The summed E-state index contributed by atoms with van der Waals surface area (Å²) < 4.78 is 0.854. The lowest BCUT2D eigenvalue weighted by atomic mass is 10.2. The zero-order valence-electron chi connectivity index (χ0n) is 13.5. The predicted molar refractivity (Wildman–Crippen MR) is 103 cm³/mol. The molecule has 1 unspecified atom stereocenters. The van der Waals surface area contributed by atoms with E-state index in [4.69, 9.17) is 5.26 Å². The normalized spacial score (nSPS) is 11.5. The first kappa shape index (κ1) is 17.2. The lowest BCUT2D eigenvalue weighted by Crippen LogP contribution is -2.22. The van der Waals surface area contributed by atoms with Gasteiger partial charge < -0.3 is 5.32 Å². The third kappa shape index (κ3) is 4.47. The largest absolute Gasteiger partial charge is 0.325 e. The van der Waals surface area contributed by atoms with Crippen molar-refractivity contribution in [1.29, 1.82) is 5.26 Å². The van der Waals surface area contributed by atoms with Crippen LogP contribution in [0.4, 0.5) is 5.69 Å². The summed E-state index contributed by atoms with van der Waals surface area (Å²) in [5.41, 5.74) is 3.13. The smallest absolute Gasteiger partial charge is 0.237 e. The van der Waals surface area contributed by atoms with E-state index in [1.807, 2.05) is 42.6 Å². The van der Waals surface area contributed by atoms with Gasteiger partial charge in [0.2, 0.25) is 5.91 Å². The molecule has 0 bridgehead atoms. The molecule has 0 aliphatic carbocycles. The molecular weight excluding hydrogens is 350 g/mol. The summed E-state index contributed by atoms with van der Waals surface area (Å²) in [7, 11) is 0. The molecule has 0 fully saturated rings. The van der Waals surface area contributed by atoms with Crippen molar-refractivity contribution < 1.29 is 4.79 Å². The highest BCUT2D eigenvalue weighted by molar-refractivity contribution is 8.02. The molecule has 1 N–H and O–H groups in total. The molecule has 3 rings (SSSR count). The molecule has 3 aromatic rings. The van der Waals surface area contributed by atoms with Crippen molar-refractivity contribution in [3.8, 4) is 17.3 Å².